The largest absolute Gasteiger partial charge is 0.490 e. The maximum atomic E-state index is 12.8. The van der Waals surface area contributed by atoms with E-state index in [2.05, 4.69) is 0 Å². The van der Waals surface area contributed by atoms with Crippen molar-refractivity contribution >= 4 is 11.6 Å². The number of fused-ring (bicyclic) bond motifs is 2. The molecule has 4 heteroatoms. The molecule has 2 aliphatic rings. The van der Waals surface area contributed by atoms with Crippen LogP contribution in [0, 0.1) is 0 Å². The van der Waals surface area contributed by atoms with Crippen LogP contribution < -0.4 is 14.4 Å². The highest BCUT2D eigenvalue weighted by Gasteiger charge is 2.34. The zero-order chi connectivity index (χ0) is 14.2. The molecule has 4 nitrogen and oxygen atoms in total. The Morgan fingerprint density at radius 2 is 1.81 bits per heavy atom. The number of rotatable bonds is 1. The lowest BCUT2D eigenvalue weighted by molar-refractivity contribution is -0.124. The topological polar surface area (TPSA) is 38.8 Å². The van der Waals surface area contributed by atoms with E-state index in [1.165, 1.54) is 0 Å². The van der Waals surface area contributed by atoms with Gasteiger partial charge in [-0.2, -0.15) is 0 Å². The average molecular weight is 281 g/mol. The van der Waals surface area contributed by atoms with Crippen LogP contribution in [0.25, 0.3) is 0 Å². The van der Waals surface area contributed by atoms with E-state index in [0.29, 0.717) is 19.6 Å². The van der Waals surface area contributed by atoms with Gasteiger partial charge in [-0.15, -0.1) is 0 Å². The molecule has 1 atom stereocenters. The Kier molecular flexibility index (Phi) is 2.81. The van der Waals surface area contributed by atoms with E-state index in [4.69, 9.17) is 9.47 Å². The minimum absolute atomic E-state index is 0.00181. The predicted molar refractivity (Wildman–Crippen MR) is 78.9 cm³/mol. The van der Waals surface area contributed by atoms with E-state index < -0.39 is 6.10 Å². The molecular weight excluding hydrogens is 266 g/mol. The van der Waals surface area contributed by atoms with Gasteiger partial charge in [0, 0.05) is 6.42 Å². The quantitative estimate of drug-likeness (QED) is 0.805. The van der Waals surface area contributed by atoms with Crippen molar-refractivity contribution in [2.24, 2.45) is 0 Å². The summed E-state index contributed by atoms with van der Waals surface area (Å²) in [5, 5.41) is 0. The zero-order valence-corrected chi connectivity index (χ0v) is 11.5. The van der Waals surface area contributed by atoms with Gasteiger partial charge in [-0.25, -0.2) is 0 Å². The fraction of sp³-hybridized carbons (Fsp3) is 0.235. The van der Waals surface area contributed by atoms with Gasteiger partial charge in [-0.1, -0.05) is 30.3 Å². The summed E-state index contributed by atoms with van der Waals surface area (Å²) < 4.78 is 11.4. The Bertz CT molecular complexity index is 673. The molecule has 2 aliphatic heterocycles. The highest BCUT2D eigenvalue weighted by molar-refractivity contribution is 5.99. The Labute approximate surface area is 122 Å². The number of para-hydroxylation sites is 3. The SMILES string of the molecule is O=C(C1Cc2ccccc2O1)N1CCOc2ccccc21. The van der Waals surface area contributed by atoms with Crippen LogP contribution in [0.4, 0.5) is 5.69 Å². The molecule has 1 amide bonds. The minimum Gasteiger partial charge on any atom is -0.490 e. The first-order valence-electron chi connectivity index (χ1n) is 7.11. The molecule has 2 aromatic carbocycles. The van der Waals surface area contributed by atoms with E-state index >= 15 is 0 Å². The number of carbonyl (C=O) groups is 1. The number of hydrogen-bond donors (Lipinski definition) is 0. The van der Waals surface area contributed by atoms with E-state index in [1.807, 2.05) is 48.5 Å². The molecule has 21 heavy (non-hydrogen) atoms. The van der Waals surface area contributed by atoms with Crippen molar-refractivity contribution < 1.29 is 14.3 Å². The number of benzene rings is 2. The van der Waals surface area contributed by atoms with Crippen LogP contribution in [0.15, 0.2) is 48.5 Å². The van der Waals surface area contributed by atoms with Crippen molar-refractivity contribution in [3.8, 4) is 11.5 Å². The van der Waals surface area contributed by atoms with E-state index in [1.54, 1.807) is 4.90 Å². The predicted octanol–water partition coefficient (Wildman–Crippen LogP) is 2.42. The maximum absolute atomic E-state index is 12.8. The summed E-state index contributed by atoms with van der Waals surface area (Å²) in [6, 6.07) is 15.4. The number of carbonyl (C=O) groups excluding carboxylic acids is 1. The van der Waals surface area contributed by atoms with Crippen LogP contribution >= 0.6 is 0 Å². The normalized spacial score (nSPS) is 19.2. The number of hydrogen-bond acceptors (Lipinski definition) is 3. The van der Waals surface area contributed by atoms with E-state index in [9.17, 15) is 4.79 Å². The standard InChI is InChI=1S/C17H15NO3/c19-17(16-11-12-5-1-3-7-14(12)21-16)18-9-10-20-15-8-4-2-6-13(15)18/h1-8,16H,9-11H2. The van der Waals surface area contributed by atoms with Crippen LogP contribution in [-0.4, -0.2) is 25.2 Å². The maximum Gasteiger partial charge on any atom is 0.268 e. The van der Waals surface area contributed by atoms with Crippen molar-refractivity contribution in [1.29, 1.82) is 0 Å². The summed E-state index contributed by atoms with van der Waals surface area (Å²) in [5.74, 6) is 1.58. The highest BCUT2D eigenvalue weighted by Crippen LogP contribution is 2.34. The summed E-state index contributed by atoms with van der Waals surface area (Å²) in [7, 11) is 0. The van der Waals surface area contributed by atoms with Crippen molar-refractivity contribution in [1.82, 2.24) is 0 Å². The molecule has 2 aromatic rings. The molecule has 0 aliphatic carbocycles. The lowest BCUT2D eigenvalue weighted by Crippen LogP contribution is -2.45. The third-order valence-electron chi connectivity index (χ3n) is 3.92. The van der Waals surface area contributed by atoms with Gasteiger partial charge in [0.15, 0.2) is 6.10 Å². The molecule has 0 saturated carbocycles. The third kappa shape index (κ3) is 2.03. The molecule has 0 spiro atoms. The van der Waals surface area contributed by atoms with Gasteiger partial charge >= 0.3 is 0 Å². The Hall–Kier alpha value is -2.49. The molecule has 0 saturated heterocycles. The van der Waals surface area contributed by atoms with Crippen LogP contribution in [0.5, 0.6) is 11.5 Å². The van der Waals surface area contributed by atoms with Crippen LogP contribution in [0.1, 0.15) is 5.56 Å². The molecule has 2 heterocycles. The molecule has 0 N–H and O–H groups in total. The monoisotopic (exact) mass is 281 g/mol. The van der Waals surface area contributed by atoms with Gasteiger partial charge in [-0.05, 0) is 23.8 Å². The van der Waals surface area contributed by atoms with E-state index in [-0.39, 0.29) is 5.91 Å². The first kappa shape index (κ1) is 12.3. The fourth-order valence-corrected chi connectivity index (χ4v) is 2.89. The second-order valence-electron chi connectivity index (χ2n) is 5.22. The molecule has 0 bridgehead atoms. The Morgan fingerprint density at radius 3 is 2.67 bits per heavy atom. The molecule has 0 radical (unpaired) electrons. The summed E-state index contributed by atoms with van der Waals surface area (Å²) in [5.41, 5.74) is 1.92. The van der Waals surface area contributed by atoms with Gasteiger partial charge in [-0.3, -0.25) is 4.79 Å². The number of ether oxygens (including phenoxy) is 2. The molecule has 1 unspecified atom stereocenters. The number of anilines is 1. The average Bonchev–Trinajstić information content (AvgIpc) is 2.97. The molecular formula is C17H15NO3. The van der Waals surface area contributed by atoms with Crippen LogP contribution in [-0.2, 0) is 11.2 Å². The summed E-state index contributed by atoms with van der Waals surface area (Å²) in [6.45, 7) is 1.08. The molecule has 0 aromatic heterocycles. The number of nitrogens with zero attached hydrogens (tertiary/aromatic N) is 1. The Balaban J connectivity index is 1.60. The molecule has 0 fully saturated rings. The first-order valence-corrected chi connectivity index (χ1v) is 7.11. The summed E-state index contributed by atoms with van der Waals surface area (Å²) >= 11 is 0. The molecule has 4 rings (SSSR count). The second-order valence-corrected chi connectivity index (χ2v) is 5.22. The fourth-order valence-electron chi connectivity index (χ4n) is 2.89. The summed E-state index contributed by atoms with van der Waals surface area (Å²) in [4.78, 5) is 14.6. The lowest BCUT2D eigenvalue weighted by atomic mass is 10.1. The van der Waals surface area contributed by atoms with Gasteiger partial charge in [0.25, 0.3) is 5.91 Å². The number of amides is 1. The van der Waals surface area contributed by atoms with Crippen LogP contribution in [0.2, 0.25) is 0 Å². The smallest absolute Gasteiger partial charge is 0.268 e. The van der Waals surface area contributed by atoms with Crippen molar-refractivity contribution in [2.45, 2.75) is 12.5 Å². The van der Waals surface area contributed by atoms with E-state index in [0.717, 1.165) is 22.7 Å². The summed E-state index contributed by atoms with van der Waals surface area (Å²) in [6.07, 6.45) is 0.197. The van der Waals surface area contributed by atoms with Crippen molar-refractivity contribution in [3.05, 3.63) is 54.1 Å². The van der Waals surface area contributed by atoms with Gasteiger partial charge < -0.3 is 14.4 Å². The second kappa shape index (κ2) is 4.81. The third-order valence-corrected chi connectivity index (χ3v) is 3.92. The zero-order valence-electron chi connectivity index (χ0n) is 11.5. The highest BCUT2D eigenvalue weighted by atomic mass is 16.5. The van der Waals surface area contributed by atoms with Crippen LogP contribution in [0.3, 0.4) is 0 Å². The molecule has 106 valence electrons. The van der Waals surface area contributed by atoms with Crippen molar-refractivity contribution in [3.63, 3.8) is 0 Å². The minimum atomic E-state index is -0.437. The first-order chi connectivity index (χ1) is 10.3. The van der Waals surface area contributed by atoms with Gasteiger partial charge in [0.2, 0.25) is 0 Å². The lowest BCUT2D eigenvalue weighted by Gasteiger charge is -2.30. The van der Waals surface area contributed by atoms with Gasteiger partial charge in [0.05, 0.1) is 12.2 Å². The Morgan fingerprint density at radius 1 is 1.05 bits per heavy atom. The van der Waals surface area contributed by atoms with Gasteiger partial charge in [0.1, 0.15) is 18.1 Å². The van der Waals surface area contributed by atoms with Crippen molar-refractivity contribution in [2.75, 3.05) is 18.1 Å².